The number of aromatic amines is 1. The number of aromatic nitrogens is 2. The maximum atomic E-state index is 12.1. The van der Waals surface area contributed by atoms with E-state index in [-0.39, 0.29) is 11.1 Å². The molecule has 0 bridgehead atoms. The van der Waals surface area contributed by atoms with E-state index in [0.717, 1.165) is 26.1 Å². The van der Waals surface area contributed by atoms with Crippen molar-refractivity contribution in [1.29, 1.82) is 0 Å². The number of likely N-dealkylation sites (tertiary alicyclic amines) is 1. The molecule has 1 unspecified atom stereocenters. The maximum absolute atomic E-state index is 12.1. The predicted octanol–water partition coefficient (Wildman–Crippen LogP) is 0.345. The SMILES string of the molecule is CCc1ncc(S(=O)(=O)NC2CCN(CC)C2)[nH]1. The Bertz CT molecular complexity index is 497. The smallest absolute Gasteiger partial charge is 0.257 e. The number of hydrogen-bond acceptors (Lipinski definition) is 4. The molecular formula is C11H20N4O2S. The first kappa shape index (κ1) is 13.5. The Labute approximate surface area is 108 Å². The number of H-pyrrole nitrogens is 1. The molecule has 6 nitrogen and oxygen atoms in total. The third-order valence-electron chi connectivity index (χ3n) is 3.27. The van der Waals surface area contributed by atoms with Crippen LogP contribution in [0.1, 0.15) is 26.1 Å². The Morgan fingerprint density at radius 1 is 1.56 bits per heavy atom. The van der Waals surface area contributed by atoms with Crippen LogP contribution in [0, 0.1) is 0 Å². The molecule has 18 heavy (non-hydrogen) atoms. The first-order valence-corrected chi connectivity index (χ1v) is 7.82. The van der Waals surface area contributed by atoms with E-state index < -0.39 is 10.0 Å². The highest BCUT2D eigenvalue weighted by Crippen LogP contribution is 2.13. The Hall–Kier alpha value is -0.920. The van der Waals surface area contributed by atoms with Crippen LogP contribution < -0.4 is 4.72 Å². The molecule has 0 amide bonds. The van der Waals surface area contributed by atoms with Crippen molar-refractivity contribution in [2.75, 3.05) is 19.6 Å². The van der Waals surface area contributed by atoms with E-state index in [4.69, 9.17) is 0 Å². The van der Waals surface area contributed by atoms with Crippen LogP contribution in [0.5, 0.6) is 0 Å². The lowest BCUT2D eigenvalue weighted by Gasteiger charge is -2.14. The van der Waals surface area contributed by atoms with Gasteiger partial charge in [-0.2, -0.15) is 0 Å². The van der Waals surface area contributed by atoms with Crippen molar-refractivity contribution in [2.24, 2.45) is 0 Å². The van der Waals surface area contributed by atoms with Gasteiger partial charge in [-0.15, -0.1) is 0 Å². The van der Waals surface area contributed by atoms with Crippen LogP contribution >= 0.6 is 0 Å². The number of aryl methyl sites for hydroxylation is 1. The fourth-order valence-corrected chi connectivity index (χ4v) is 3.36. The number of imidazole rings is 1. The largest absolute Gasteiger partial charge is 0.332 e. The predicted molar refractivity (Wildman–Crippen MR) is 68.8 cm³/mol. The molecule has 0 aliphatic carbocycles. The second kappa shape index (κ2) is 5.38. The van der Waals surface area contributed by atoms with E-state index in [1.54, 1.807) is 0 Å². The molecule has 102 valence electrons. The van der Waals surface area contributed by atoms with Crippen LogP contribution in [0.15, 0.2) is 11.2 Å². The Balaban J connectivity index is 2.03. The van der Waals surface area contributed by atoms with Gasteiger partial charge in [0.25, 0.3) is 10.0 Å². The Morgan fingerprint density at radius 2 is 2.33 bits per heavy atom. The normalized spacial score (nSPS) is 21.6. The monoisotopic (exact) mass is 272 g/mol. The van der Waals surface area contributed by atoms with Gasteiger partial charge in [0.2, 0.25) is 0 Å². The molecule has 1 aromatic heterocycles. The third kappa shape index (κ3) is 2.90. The van der Waals surface area contributed by atoms with Crippen LogP contribution in [0.3, 0.4) is 0 Å². The third-order valence-corrected chi connectivity index (χ3v) is 4.70. The van der Waals surface area contributed by atoms with E-state index in [9.17, 15) is 8.42 Å². The van der Waals surface area contributed by atoms with Crippen molar-refractivity contribution in [2.45, 2.75) is 37.8 Å². The highest BCUT2D eigenvalue weighted by Gasteiger charge is 2.27. The highest BCUT2D eigenvalue weighted by atomic mass is 32.2. The van der Waals surface area contributed by atoms with Crippen molar-refractivity contribution >= 4 is 10.0 Å². The van der Waals surface area contributed by atoms with Crippen molar-refractivity contribution in [3.63, 3.8) is 0 Å². The van der Waals surface area contributed by atoms with Gasteiger partial charge in [0, 0.05) is 19.0 Å². The lowest BCUT2D eigenvalue weighted by atomic mass is 10.3. The summed E-state index contributed by atoms with van der Waals surface area (Å²) in [6, 6.07) is 0.00308. The van der Waals surface area contributed by atoms with Gasteiger partial charge in [-0.05, 0) is 19.5 Å². The molecular weight excluding hydrogens is 252 g/mol. The van der Waals surface area contributed by atoms with Gasteiger partial charge in [0.15, 0.2) is 5.03 Å². The van der Waals surface area contributed by atoms with Crippen LogP contribution in [0.25, 0.3) is 0 Å². The molecule has 1 aliphatic rings. The first-order valence-electron chi connectivity index (χ1n) is 6.33. The standard InChI is InChI=1S/C11H20N4O2S/c1-3-10-12-7-11(13-10)18(16,17)14-9-5-6-15(4-2)8-9/h7,9,14H,3-6,8H2,1-2H3,(H,12,13). The molecule has 1 aliphatic heterocycles. The van der Waals surface area contributed by atoms with Gasteiger partial charge >= 0.3 is 0 Å². The second-order valence-corrected chi connectivity index (χ2v) is 6.23. The van der Waals surface area contributed by atoms with Crippen molar-refractivity contribution < 1.29 is 8.42 Å². The summed E-state index contributed by atoms with van der Waals surface area (Å²) in [5.41, 5.74) is 0. The van der Waals surface area contributed by atoms with Crippen molar-refractivity contribution in [3.05, 3.63) is 12.0 Å². The van der Waals surface area contributed by atoms with Crippen molar-refractivity contribution in [3.8, 4) is 0 Å². The molecule has 0 radical (unpaired) electrons. The van der Waals surface area contributed by atoms with E-state index >= 15 is 0 Å². The second-order valence-electron chi connectivity index (χ2n) is 4.55. The molecule has 2 N–H and O–H groups in total. The van der Waals surface area contributed by atoms with Gasteiger partial charge < -0.3 is 9.88 Å². The highest BCUT2D eigenvalue weighted by molar-refractivity contribution is 7.89. The number of nitrogens with one attached hydrogen (secondary N) is 2. The molecule has 0 saturated carbocycles. The van der Waals surface area contributed by atoms with Gasteiger partial charge in [-0.1, -0.05) is 13.8 Å². The molecule has 0 aromatic carbocycles. The lowest BCUT2D eigenvalue weighted by Crippen LogP contribution is -2.37. The molecule has 1 atom stereocenters. The van der Waals surface area contributed by atoms with Gasteiger partial charge in [0.05, 0.1) is 6.20 Å². The summed E-state index contributed by atoms with van der Waals surface area (Å²) in [7, 11) is -3.46. The van der Waals surface area contributed by atoms with E-state index in [1.807, 2.05) is 6.92 Å². The quantitative estimate of drug-likeness (QED) is 0.810. The minimum atomic E-state index is -3.46. The molecule has 1 saturated heterocycles. The summed E-state index contributed by atoms with van der Waals surface area (Å²) in [5.74, 6) is 0.692. The van der Waals surface area contributed by atoms with E-state index in [1.165, 1.54) is 6.20 Å². The summed E-state index contributed by atoms with van der Waals surface area (Å²) >= 11 is 0. The summed E-state index contributed by atoms with van der Waals surface area (Å²) in [5, 5.41) is 0.161. The zero-order valence-electron chi connectivity index (χ0n) is 10.8. The number of likely N-dealkylation sites (N-methyl/N-ethyl adjacent to an activating group) is 1. The molecule has 0 spiro atoms. The van der Waals surface area contributed by atoms with Crippen LogP contribution in [0.4, 0.5) is 0 Å². The van der Waals surface area contributed by atoms with Crippen molar-refractivity contribution in [1.82, 2.24) is 19.6 Å². The van der Waals surface area contributed by atoms with Crippen LogP contribution in [0.2, 0.25) is 0 Å². The number of nitrogens with zero attached hydrogens (tertiary/aromatic N) is 2. The van der Waals surface area contributed by atoms with Gasteiger partial charge in [0.1, 0.15) is 5.82 Å². The first-order chi connectivity index (χ1) is 8.55. The lowest BCUT2D eigenvalue weighted by molar-refractivity contribution is 0.351. The topological polar surface area (TPSA) is 78.1 Å². The summed E-state index contributed by atoms with van der Waals surface area (Å²) in [6.07, 6.45) is 2.94. The minimum absolute atomic E-state index is 0.00308. The average Bonchev–Trinajstić information content (AvgIpc) is 2.96. The maximum Gasteiger partial charge on any atom is 0.257 e. The number of rotatable bonds is 5. The summed E-state index contributed by atoms with van der Waals surface area (Å²) < 4.78 is 27.0. The number of hydrogen-bond donors (Lipinski definition) is 2. The minimum Gasteiger partial charge on any atom is -0.332 e. The fraction of sp³-hybridized carbons (Fsp3) is 0.727. The summed E-state index contributed by atoms with van der Waals surface area (Å²) in [6.45, 7) is 6.71. The average molecular weight is 272 g/mol. The molecule has 1 fully saturated rings. The molecule has 2 rings (SSSR count). The molecule has 2 heterocycles. The zero-order chi connectivity index (χ0) is 13.2. The van der Waals surface area contributed by atoms with E-state index in [0.29, 0.717) is 12.2 Å². The van der Waals surface area contributed by atoms with Crippen LogP contribution in [-0.4, -0.2) is 49.0 Å². The summed E-state index contributed by atoms with van der Waals surface area (Å²) in [4.78, 5) is 9.08. The fourth-order valence-electron chi connectivity index (χ4n) is 2.16. The van der Waals surface area contributed by atoms with Gasteiger partial charge in [-0.3, -0.25) is 0 Å². The van der Waals surface area contributed by atoms with Crippen LogP contribution in [-0.2, 0) is 16.4 Å². The van der Waals surface area contributed by atoms with E-state index in [2.05, 4.69) is 26.5 Å². The zero-order valence-corrected chi connectivity index (χ0v) is 11.6. The Morgan fingerprint density at radius 3 is 2.89 bits per heavy atom. The molecule has 7 heteroatoms. The van der Waals surface area contributed by atoms with Gasteiger partial charge in [-0.25, -0.2) is 18.1 Å². The molecule has 1 aromatic rings. The Kier molecular flexibility index (Phi) is 4.04. The number of sulfonamides is 1.